The van der Waals surface area contributed by atoms with Crippen LogP contribution in [0.1, 0.15) is 50.9 Å². The molecule has 0 fully saturated rings. The Hall–Kier alpha value is -1.23. The maximum absolute atomic E-state index is 5.94. The number of rotatable bonds is 7. The van der Waals surface area contributed by atoms with E-state index in [-0.39, 0.29) is 0 Å². The summed E-state index contributed by atoms with van der Waals surface area (Å²) in [6, 6.07) is 0. The molecule has 0 atom stereocenters. The van der Waals surface area contributed by atoms with Gasteiger partial charge < -0.3 is 10.6 Å². The molecule has 2 N–H and O–H groups in total. The van der Waals surface area contributed by atoms with E-state index in [2.05, 4.69) is 42.8 Å². The van der Waals surface area contributed by atoms with E-state index in [0.29, 0.717) is 4.99 Å². The highest BCUT2D eigenvalue weighted by molar-refractivity contribution is 7.80. The Labute approximate surface area is 121 Å². The third-order valence-corrected chi connectivity index (χ3v) is 3.45. The van der Waals surface area contributed by atoms with Crippen molar-refractivity contribution in [3.63, 3.8) is 0 Å². The predicted molar refractivity (Wildman–Crippen MR) is 84.9 cm³/mol. The van der Waals surface area contributed by atoms with Gasteiger partial charge in [-0.1, -0.05) is 33.0 Å². The zero-order valence-corrected chi connectivity index (χ0v) is 13.2. The fraction of sp³-hybridized carbons (Fsp3) is 0.643. The first-order valence-corrected chi connectivity index (χ1v) is 7.44. The highest BCUT2D eigenvalue weighted by atomic mass is 32.1. The summed E-state index contributed by atoms with van der Waals surface area (Å²) >= 11 is 5.25. The minimum atomic E-state index is 0.422. The molecule has 0 aliphatic rings. The van der Waals surface area contributed by atoms with Crippen LogP contribution in [0.4, 0.5) is 5.82 Å². The van der Waals surface area contributed by atoms with Crippen LogP contribution in [0.15, 0.2) is 0 Å². The number of anilines is 1. The van der Waals surface area contributed by atoms with Crippen molar-refractivity contribution in [2.45, 2.75) is 47.0 Å². The lowest BCUT2D eigenvalue weighted by molar-refractivity contribution is 0.753. The monoisotopic (exact) mass is 280 g/mol. The van der Waals surface area contributed by atoms with Crippen LogP contribution < -0.4 is 10.6 Å². The van der Waals surface area contributed by atoms with Gasteiger partial charge in [-0.3, -0.25) is 0 Å². The van der Waals surface area contributed by atoms with E-state index >= 15 is 0 Å². The van der Waals surface area contributed by atoms with Gasteiger partial charge in [-0.05, 0) is 31.7 Å². The molecule has 0 radical (unpaired) electrons. The van der Waals surface area contributed by atoms with Crippen molar-refractivity contribution < 1.29 is 0 Å². The first-order chi connectivity index (χ1) is 9.10. The second-order valence-electron chi connectivity index (χ2n) is 4.47. The van der Waals surface area contributed by atoms with E-state index in [9.17, 15) is 0 Å². The Kier molecular flexibility index (Phi) is 6.15. The quantitative estimate of drug-likeness (QED) is 0.778. The molecule has 1 aromatic rings. The smallest absolute Gasteiger partial charge is 0.161 e. The van der Waals surface area contributed by atoms with E-state index < -0.39 is 0 Å². The van der Waals surface area contributed by atoms with Crippen molar-refractivity contribution in [1.82, 2.24) is 10.2 Å². The number of nitrogens with two attached hydrogens (primary N) is 1. The summed E-state index contributed by atoms with van der Waals surface area (Å²) in [5, 5.41) is 8.73. The molecule has 0 saturated heterocycles. The molecular formula is C14H24N4S. The largest absolute Gasteiger partial charge is 0.389 e. The summed E-state index contributed by atoms with van der Waals surface area (Å²) in [4.78, 5) is 2.62. The van der Waals surface area contributed by atoms with E-state index in [0.717, 1.165) is 55.0 Å². The van der Waals surface area contributed by atoms with Crippen LogP contribution in [0.25, 0.3) is 0 Å². The van der Waals surface area contributed by atoms with Crippen molar-refractivity contribution in [2.24, 2.45) is 5.73 Å². The second-order valence-corrected chi connectivity index (χ2v) is 4.91. The predicted octanol–water partition coefficient (Wildman–Crippen LogP) is 2.47. The van der Waals surface area contributed by atoms with Crippen LogP contribution in [0.3, 0.4) is 0 Å². The number of nitrogens with zero attached hydrogens (tertiary/aromatic N) is 3. The van der Waals surface area contributed by atoms with Gasteiger partial charge in [0, 0.05) is 13.1 Å². The highest BCUT2D eigenvalue weighted by Gasteiger charge is 2.19. The van der Waals surface area contributed by atoms with Gasteiger partial charge in [0.15, 0.2) is 5.82 Å². The molecule has 0 aromatic carbocycles. The number of aromatic nitrogens is 2. The summed E-state index contributed by atoms with van der Waals surface area (Å²) in [5.41, 5.74) is 9.01. The average molecular weight is 280 g/mol. The molecule has 106 valence electrons. The van der Waals surface area contributed by atoms with Crippen LogP contribution in [-0.2, 0) is 12.8 Å². The molecule has 5 heteroatoms. The van der Waals surface area contributed by atoms with Gasteiger partial charge in [0.2, 0.25) is 0 Å². The first kappa shape index (κ1) is 15.8. The number of thiocarbonyl (C=S) groups is 1. The van der Waals surface area contributed by atoms with Crippen molar-refractivity contribution in [3.8, 4) is 0 Å². The van der Waals surface area contributed by atoms with Gasteiger partial charge in [0.1, 0.15) is 4.99 Å². The van der Waals surface area contributed by atoms with Crippen LogP contribution in [0.2, 0.25) is 0 Å². The number of aryl methyl sites for hydroxylation is 1. The molecule has 0 spiro atoms. The Morgan fingerprint density at radius 1 is 1.16 bits per heavy atom. The molecule has 0 unspecified atom stereocenters. The van der Waals surface area contributed by atoms with E-state index in [1.807, 2.05) is 0 Å². The van der Waals surface area contributed by atoms with Gasteiger partial charge in [-0.2, -0.15) is 5.10 Å². The third kappa shape index (κ3) is 3.41. The SMILES string of the molecule is CCCN(CC)c1nnc(CC)c(CC)c1C(N)=S. The Balaban J connectivity index is 3.42. The third-order valence-electron chi connectivity index (χ3n) is 3.25. The minimum absolute atomic E-state index is 0.422. The molecule has 4 nitrogen and oxygen atoms in total. The summed E-state index contributed by atoms with van der Waals surface area (Å²) in [7, 11) is 0. The standard InChI is InChI=1S/C14H24N4S/c1-5-9-18(8-4)14-12(13(15)19)10(6-2)11(7-3)16-17-14/h5-9H2,1-4H3,(H2,15,19). The van der Waals surface area contributed by atoms with E-state index in [1.165, 1.54) is 0 Å². The van der Waals surface area contributed by atoms with Crippen molar-refractivity contribution in [3.05, 3.63) is 16.8 Å². The molecule has 19 heavy (non-hydrogen) atoms. The van der Waals surface area contributed by atoms with Crippen molar-refractivity contribution in [1.29, 1.82) is 0 Å². The summed E-state index contributed by atoms with van der Waals surface area (Å²) in [5.74, 6) is 0.839. The molecule has 1 aromatic heterocycles. The molecule has 1 heterocycles. The van der Waals surface area contributed by atoms with Crippen LogP contribution in [0.5, 0.6) is 0 Å². The second kappa shape index (κ2) is 7.38. The zero-order valence-electron chi connectivity index (χ0n) is 12.4. The number of hydrogen-bond donors (Lipinski definition) is 1. The Morgan fingerprint density at radius 2 is 1.84 bits per heavy atom. The highest BCUT2D eigenvalue weighted by Crippen LogP contribution is 2.24. The van der Waals surface area contributed by atoms with Gasteiger partial charge in [-0.25, -0.2) is 0 Å². The average Bonchev–Trinajstić information content (AvgIpc) is 2.42. The normalized spacial score (nSPS) is 10.5. The summed E-state index contributed by atoms with van der Waals surface area (Å²) in [6.45, 7) is 10.3. The Bertz CT molecular complexity index is 445. The molecule has 0 saturated carbocycles. The van der Waals surface area contributed by atoms with Gasteiger partial charge >= 0.3 is 0 Å². The maximum atomic E-state index is 5.94. The van der Waals surface area contributed by atoms with Gasteiger partial charge in [-0.15, -0.1) is 5.10 Å². The topological polar surface area (TPSA) is 55.0 Å². The molecular weight excluding hydrogens is 256 g/mol. The minimum Gasteiger partial charge on any atom is -0.389 e. The summed E-state index contributed by atoms with van der Waals surface area (Å²) < 4.78 is 0. The molecule has 0 amide bonds. The molecule has 0 aliphatic carbocycles. The van der Waals surface area contributed by atoms with Gasteiger partial charge in [0.25, 0.3) is 0 Å². The first-order valence-electron chi connectivity index (χ1n) is 7.03. The van der Waals surface area contributed by atoms with E-state index in [4.69, 9.17) is 18.0 Å². The fourth-order valence-corrected chi connectivity index (χ4v) is 2.54. The lowest BCUT2D eigenvalue weighted by atomic mass is 10.0. The lowest BCUT2D eigenvalue weighted by Crippen LogP contribution is -2.29. The van der Waals surface area contributed by atoms with E-state index in [1.54, 1.807) is 0 Å². The van der Waals surface area contributed by atoms with Gasteiger partial charge in [0.05, 0.1) is 11.3 Å². The molecule has 0 bridgehead atoms. The van der Waals surface area contributed by atoms with Crippen molar-refractivity contribution >= 4 is 23.0 Å². The van der Waals surface area contributed by atoms with Crippen LogP contribution >= 0.6 is 12.2 Å². The summed E-state index contributed by atoms with van der Waals surface area (Å²) in [6.07, 6.45) is 2.79. The maximum Gasteiger partial charge on any atom is 0.161 e. The van der Waals surface area contributed by atoms with Crippen LogP contribution in [0, 0.1) is 0 Å². The zero-order chi connectivity index (χ0) is 14.4. The van der Waals surface area contributed by atoms with Crippen molar-refractivity contribution in [2.75, 3.05) is 18.0 Å². The fourth-order valence-electron chi connectivity index (χ4n) is 2.33. The molecule has 1 rings (SSSR count). The lowest BCUT2D eigenvalue weighted by Gasteiger charge is -2.25. The Morgan fingerprint density at radius 3 is 2.26 bits per heavy atom. The molecule has 0 aliphatic heterocycles. The number of hydrogen-bond acceptors (Lipinski definition) is 4. The van der Waals surface area contributed by atoms with Crippen LogP contribution in [-0.4, -0.2) is 28.3 Å².